The van der Waals surface area contributed by atoms with Crippen LogP contribution >= 0.6 is 15.9 Å². The van der Waals surface area contributed by atoms with E-state index in [1.165, 1.54) is 24.3 Å². The van der Waals surface area contributed by atoms with Gasteiger partial charge in [0.15, 0.2) is 0 Å². The van der Waals surface area contributed by atoms with Crippen molar-refractivity contribution in [3.05, 3.63) is 58.3 Å². The van der Waals surface area contributed by atoms with Crippen LogP contribution in [-0.2, 0) is 0 Å². The average molecular weight is 301 g/mol. The second-order valence-corrected chi connectivity index (χ2v) is 4.31. The molecular formula is C13H8BrF3. The van der Waals surface area contributed by atoms with Crippen molar-refractivity contribution in [3.8, 4) is 11.1 Å². The van der Waals surface area contributed by atoms with E-state index < -0.39 is 12.2 Å². The molecule has 0 N–H and O–H groups in total. The van der Waals surface area contributed by atoms with Crippen LogP contribution in [0.4, 0.5) is 13.2 Å². The molecule has 0 saturated carbocycles. The van der Waals surface area contributed by atoms with Gasteiger partial charge in [-0.15, -0.1) is 0 Å². The van der Waals surface area contributed by atoms with Crippen LogP contribution in [0.25, 0.3) is 11.1 Å². The molecule has 0 aliphatic carbocycles. The van der Waals surface area contributed by atoms with Gasteiger partial charge in [-0.2, -0.15) is 0 Å². The summed E-state index contributed by atoms with van der Waals surface area (Å²) in [7, 11) is 0. The van der Waals surface area contributed by atoms with E-state index in [4.69, 9.17) is 0 Å². The van der Waals surface area contributed by atoms with Crippen molar-refractivity contribution in [3.63, 3.8) is 0 Å². The van der Waals surface area contributed by atoms with Crippen molar-refractivity contribution in [2.24, 2.45) is 0 Å². The van der Waals surface area contributed by atoms with Crippen LogP contribution in [0.1, 0.15) is 12.0 Å². The highest BCUT2D eigenvalue weighted by Crippen LogP contribution is 2.35. The van der Waals surface area contributed by atoms with Gasteiger partial charge in [-0.05, 0) is 39.2 Å². The fraction of sp³-hybridized carbons (Fsp3) is 0.0769. The highest BCUT2D eigenvalue weighted by molar-refractivity contribution is 9.10. The van der Waals surface area contributed by atoms with Gasteiger partial charge in [0.2, 0.25) is 0 Å². The maximum atomic E-state index is 13.1. The first-order chi connectivity index (χ1) is 8.09. The molecule has 17 heavy (non-hydrogen) atoms. The minimum Gasteiger partial charge on any atom is -0.207 e. The Labute approximate surface area is 105 Å². The Hall–Kier alpha value is -1.29. The van der Waals surface area contributed by atoms with Crippen LogP contribution in [0.15, 0.2) is 46.9 Å². The van der Waals surface area contributed by atoms with Gasteiger partial charge in [-0.25, -0.2) is 13.2 Å². The minimum absolute atomic E-state index is 0.0910. The van der Waals surface area contributed by atoms with E-state index in [2.05, 4.69) is 15.9 Å². The van der Waals surface area contributed by atoms with E-state index in [9.17, 15) is 13.2 Å². The number of halogens is 4. The van der Waals surface area contributed by atoms with Gasteiger partial charge in [-0.3, -0.25) is 0 Å². The largest absolute Gasteiger partial charge is 0.264 e. The maximum absolute atomic E-state index is 13.1. The molecular weight excluding hydrogens is 293 g/mol. The summed E-state index contributed by atoms with van der Waals surface area (Å²) in [5.74, 6) is -0.392. The predicted molar refractivity (Wildman–Crippen MR) is 64.5 cm³/mol. The third-order valence-electron chi connectivity index (χ3n) is 2.40. The summed E-state index contributed by atoms with van der Waals surface area (Å²) in [5.41, 5.74) is 1.04. The van der Waals surface area contributed by atoms with Gasteiger partial charge in [0.25, 0.3) is 6.43 Å². The zero-order valence-corrected chi connectivity index (χ0v) is 10.2. The zero-order chi connectivity index (χ0) is 12.4. The van der Waals surface area contributed by atoms with Crippen LogP contribution in [0.3, 0.4) is 0 Å². The van der Waals surface area contributed by atoms with Gasteiger partial charge in [0.05, 0.1) is 0 Å². The van der Waals surface area contributed by atoms with E-state index in [0.29, 0.717) is 15.6 Å². The van der Waals surface area contributed by atoms with E-state index in [1.54, 1.807) is 18.2 Å². The third-order valence-corrected chi connectivity index (χ3v) is 3.28. The number of benzene rings is 2. The maximum Gasteiger partial charge on any atom is 0.264 e. The second-order valence-electron chi connectivity index (χ2n) is 3.52. The molecule has 2 rings (SSSR count). The molecule has 0 amide bonds. The summed E-state index contributed by atoms with van der Waals surface area (Å²) in [6.07, 6.45) is -2.56. The topological polar surface area (TPSA) is 0 Å². The first-order valence-electron chi connectivity index (χ1n) is 4.92. The van der Waals surface area contributed by atoms with Crippen LogP contribution in [0.2, 0.25) is 0 Å². The van der Waals surface area contributed by atoms with Gasteiger partial charge in [-0.1, -0.05) is 30.3 Å². The van der Waals surface area contributed by atoms with E-state index in [0.717, 1.165) is 0 Å². The number of alkyl halides is 2. The molecule has 0 unspecified atom stereocenters. The highest BCUT2D eigenvalue weighted by atomic mass is 79.9. The minimum atomic E-state index is -2.56. The number of hydrogen-bond acceptors (Lipinski definition) is 0. The summed E-state index contributed by atoms with van der Waals surface area (Å²) >= 11 is 3.14. The van der Waals surface area contributed by atoms with Crippen molar-refractivity contribution in [1.82, 2.24) is 0 Å². The SMILES string of the molecule is Fc1cccc(-c2cccc(C(F)F)c2Br)c1. The Morgan fingerprint density at radius 1 is 1.00 bits per heavy atom. The van der Waals surface area contributed by atoms with Crippen LogP contribution < -0.4 is 0 Å². The normalized spacial score (nSPS) is 10.9. The lowest BCUT2D eigenvalue weighted by Crippen LogP contribution is -1.89. The van der Waals surface area contributed by atoms with Crippen LogP contribution in [0, 0.1) is 5.82 Å². The molecule has 0 fully saturated rings. The van der Waals surface area contributed by atoms with E-state index in [-0.39, 0.29) is 5.56 Å². The fourth-order valence-corrected chi connectivity index (χ4v) is 2.26. The molecule has 2 aromatic carbocycles. The summed E-state index contributed by atoms with van der Waals surface area (Å²) < 4.78 is 38.8. The zero-order valence-electron chi connectivity index (χ0n) is 8.63. The van der Waals surface area contributed by atoms with Crippen molar-refractivity contribution >= 4 is 15.9 Å². The van der Waals surface area contributed by atoms with Crippen LogP contribution in [-0.4, -0.2) is 0 Å². The molecule has 0 aromatic heterocycles. The number of rotatable bonds is 2. The molecule has 88 valence electrons. The smallest absolute Gasteiger partial charge is 0.207 e. The lowest BCUT2D eigenvalue weighted by molar-refractivity contribution is 0.150. The molecule has 0 nitrogen and oxygen atoms in total. The molecule has 2 aromatic rings. The third kappa shape index (κ3) is 2.52. The number of hydrogen-bond donors (Lipinski definition) is 0. The first kappa shape index (κ1) is 12.2. The molecule has 0 saturated heterocycles. The predicted octanol–water partition coefficient (Wildman–Crippen LogP) is 5.19. The quantitative estimate of drug-likeness (QED) is 0.716. The van der Waals surface area contributed by atoms with Gasteiger partial charge in [0, 0.05) is 10.0 Å². The molecule has 0 radical (unpaired) electrons. The molecule has 0 spiro atoms. The van der Waals surface area contributed by atoms with Crippen molar-refractivity contribution in [2.45, 2.75) is 6.43 Å². The average Bonchev–Trinajstić information content (AvgIpc) is 2.29. The molecule has 0 aliphatic rings. The molecule has 4 heteroatoms. The van der Waals surface area contributed by atoms with Crippen molar-refractivity contribution in [2.75, 3.05) is 0 Å². The molecule has 0 atom stereocenters. The Balaban J connectivity index is 2.57. The van der Waals surface area contributed by atoms with Gasteiger partial charge in [0.1, 0.15) is 5.82 Å². The first-order valence-corrected chi connectivity index (χ1v) is 5.71. The Bertz CT molecular complexity index is 538. The van der Waals surface area contributed by atoms with Crippen molar-refractivity contribution < 1.29 is 13.2 Å². The lowest BCUT2D eigenvalue weighted by atomic mass is 10.0. The summed E-state index contributed by atoms with van der Waals surface area (Å²) in [4.78, 5) is 0. The monoisotopic (exact) mass is 300 g/mol. The summed E-state index contributed by atoms with van der Waals surface area (Å²) in [6.45, 7) is 0. The van der Waals surface area contributed by atoms with E-state index >= 15 is 0 Å². The van der Waals surface area contributed by atoms with Gasteiger partial charge >= 0.3 is 0 Å². The van der Waals surface area contributed by atoms with Crippen LogP contribution in [0.5, 0.6) is 0 Å². The van der Waals surface area contributed by atoms with Gasteiger partial charge < -0.3 is 0 Å². The molecule has 0 aliphatic heterocycles. The van der Waals surface area contributed by atoms with E-state index in [1.807, 2.05) is 0 Å². The second kappa shape index (κ2) is 4.92. The Morgan fingerprint density at radius 2 is 1.71 bits per heavy atom. The lowest BCUT2D eigenvalue weighted by Gasteiger charge is -2.09. The Kier molecular flexibility index (Phi) is 3.52. The summed E-state index contributed by atoms with van der Waals surface area (Å²) in [5, 5.41) is 0. The van der Waals surface area contributed by atoms with Crippen molar-refractivity contribution in [1.29, 1.82) is 0 Å². The molecule has 0 heterocycles. The fourth-order valence-electron chi connectivity index (χ4n) is 1.60. The molecule has 0 bridgehead atoms. The highest BCUT2D eigenvalue weighted by Gasteiger charge is 2.14. The summed E-state index contributed by atoms with van der Waals surface area (Å²) in [6, 6.07) is 10.4. The standard InChI is InChI=1S/C13H8BrF3/c14-12-10(5-2-6-11(12)13(16)17)8-3-1-4-9(15)7-8/h1-7,13H. The Morgan fingerprint density at radius 3 is 2.35 bits per heavy atom.